The predicted molar refractivity (Wildman–Crippen MR) is 120 cm³/mol. The third-order valence-corrected chi connectivity index (χ3v) is 5.19. The van der Waals surface area contributed by atoms with E-state index in [1.54, 1.807) is 56.7 Å². The maximum atomic E-state index is 10.9. The van der Waals surface area contributed by atoms with E-state index in [9.17, 15) is 15.2 Å². The van der Waals surface area contributed by atoms with Gasteiger partial charge in [0.25, 0.3) is 5.69 Å². The van der Waals surface area contributed by atoms with Gasteiger partial charge in [-0.3, -0.25) is 10.1 Å². The molecular weight excluding hydrogens is 420 g/mol. The number of nitrogens with one attached hydrogen (secondary N) is 1. The Bertz CT molecular complexity index is 1030. The van der Waals surface area contributed by atoms with Crippen molar-refractivity contribution >= 4 is 23.0 Å². The van der Waals surface area contributed by atoms with Crippen LogP contribution >= 0.6 is 11.6 Å². The molecule has 0 aromatic heterocycles. The fourth-order valence-corrected chi connectivity index (χ4v) is 3.40. The molecule has 0 spiro atoms. The third-order valence-electron chi connectivity index (χ3n) is 4.94. The molecule has 7 nitrogen and oxygen atoms in total. The molecule has 3 aromatic carbocycles. The Labute approximate surface area is 185 Å². The van der Waals surface area contributed by atoms with Gasteiger partial charge < -0.3 is 19.9 Å². The van der Waals surface area contributed by atoms with Crippen molar-refractivity contribution in [1.82, 2.24) is 0 Å². The van der Waals surface area contributed by atoms with Crippen LogP contribution in [0.25, 0.3) is 0 Å². The van der Waals surface area contributed by atoms with E-state index < -0.39 is 11.0 Å². The maximum Gasteiger partial charge on any atom is 0.269 e. The topological polar surface area (TPSA) is 93.9 Å². The van der Waals surface area contributed by atoms with Gasteiger partial charge in [0.05, 0.1) is 31.3 Å². The van der Waals surface area contributed by atoms with E-state index in [4.69, 9.17) is 21.1 Å². The van der Waals surface area contributed by atoms with Crippen molar-refractivity contribution in [2.24, 2.45) is 0 Å². The predicted octanol–water partition coefficient (Wildman–Crippen LogP) is 5.54. The van der Waals surface area contributed by atoms with Crippen LogP contribution in [-0.2, 0) is 0 Å². The molecule has 0 saturated carbocycles. The standard InChI is InChI=1S/C23H23ClN2O5/c1-30-22-12-5-16(13-23(22)31-2)21(27)14-20(15-3-6-17(24)7-4-15)25-18-8-10-19(11-9-18)26(28)29/h3-13,20-21,25,27H,14H2,1-2H3. The molecule has 0 heterocycles. The van der Waals surface area contributed by atoms with E-state index in [0.29, 0.717) is 34.2 Å². The molecule has 0 aliphatic heterocycles. The van der Waals surface area contributed by atoms with Gasteiger partial charge in [0.2, 0.25) is 0 Å². The number of nitro groups is 1. The van der Waals surface area contributed by atoms with Crippen LogP contribution in [0.15, 0.2) is 66.7 Å². The van der Waals surface area contributed by atoms with Crippen LogP contribution < -0.4 is 14.8 Å². The van der Waals surface area contributed by atoms with Crippen molar-refractivity contribution in [2.45, 2.75) is 18.6 Å². The number of halogens is 1. The summed E-state index contributed by atoms with van der Waals surface area (Å²) in [5.74, 6) is 1.11. The summed E-state index contributed by atoms with van der Waals surface area (Å²) in [4.78, 5) is 10.5. The molecule has 2 N–H and O–H groups in total. The van der Waals surface area contributed by atoms with Crippen molar-refractivity contribution in [3.05, 3.63) is 93.0 Å². The van der Waals surface area contributed by atoms with Gasteiger partial charge in [0.1, 0.15) is 0 Å². The van der Waals surface area contributed by atoms with Gasteiger partial charge in [-0.25, -0.2) is 0 Å². The van der Waals surface area contributed by atoms with Crippen LogP contribution in [0.2, 0.25) is 5.02 Å². The van der Waals surface area contributed by atoms with E-state index in [1.807, 2.05) is 12.1 Å². The lowest BCUT2D eigenvalue weighted by Gasteiger charge is -2.24. The normalized spacial score (nSPS) is 12.6. The van der Waals surface area contributed by atoms with Crippen molar-refractivity contribution in [3.8, 4) is 11.5 Å². The fourth-order valence-electron chi connectivity index (χ4n) is 3.27. The summed E-state index contributed by atoms with van der Waals surface area (Å²) in [5, 5.41) is 25.8. The Kier molecular flexibility index (Phi) is 7.33. The van der Waals surface area contributed by atoms with E-state index in [1.165, 1.54) is 12.1 Å². The lowest BCUT2D eigenvalue weighted by atomic mass is 9.96. The number of hydrogen-bond donors (Lipinski definition) is 2. The number of methoxy groups -OCH3 is 2. The Morgan fingerprint density at radius 1 is 0.968 bits per heavy atom. The van der Waals surface area contributed by atoms with E-state index in [0.717, 1.165) is 5.56 Å². The van der Waals surface area contributed by atoms with E-state index >= 15 is 0 Å². The first-order valence-corrected chi connectivity index (χ1v) is 9.95. The Morgan fingerprint density at radius 3 is 2.16 bits per heavy atom. The first-order chi connectivity index (χ1) is 14.9. The zero-order valence-electron chi connectivity index (χ0n) is 17.1. The maximum absolute atomic E-state index is 10.9. The number of nitrogens with zero attached hydrogens (tertiary/aromatic N) is 1. The quantitative estimate of drug-likeness (QED) is 0.333. The van der Waals surface area contributed by atoms with Gasteiger partial charge in [-0.15, -0.1) is 0 Å². The first kappa shape index (κ1) is 22.4. The van der Waals surface area contributed by atoms with Crippen molar-refractivity contribution in [1.29, 1.82) is 0 Å². The van der Waals surface area contributed by atoms with Gasteiger partial charge in [0, 0.05) is 29.3 Å². The second-order valence-corrected chi connectivity index (χ2v) is 7.35. The summed E-state index contributed by atoms with van der Waals surface area (Å²) in [5.41, 5.74) is 2.31. The second kappa shape index (κ2) is 10.1. The molecule has 162 valence electrons. The van der Waals surface area contributed by atoms with E-state index in [-0.39, 0.29) is 11.7 Å². The van der Waals surface area contributed by atoms with Crippen LogP contribution in [0.1, 0.15) is 29.7 Å². The minimum absolute atomic E-state index is 0.0129. The molecule has 0 bridgehead atoms. The summed E-state index contributed by atoms with van der Waals surface area (Å²) >= 11 is 6.03. The number of aliphatic hydroxyl groups is 1. The van der Waals surface area contributed by atoms with Gasteiger partial charge in [-0.05, 0) is 47.5 Å². The lowest BCUT2D eigenvalue weighted by Crippen LogP contribution is -2.15. The molecule has 0 fully saturated rings. The second-order valence-electron chi connectivity index (χ2n) is 6.92. The van der Waals surface area contributed by atoms with Crippen LogP contribution in [0, 0.1) is 10.1 Å². The molecule has 0 aliphatic rings. The van der Waals surface area contributed by atoms with E-state index in [2.05, 4.69) is 5.32 Å². The minimum atomic E-state index is -0.800. The van der Waals surface area contributed by atoms with Crippen molar-refractivity contribution in [3.63, 3.8) is 0 Å². The molecule has 0 saturated heterocycles. The van der Waals surface area contributed by atoms with Crippen LogP contribution in [-0.4, -0.2) is 24.2 Å². The third kappa shape index (κ3) is 5.65. The average molecular weight is 443 g/mol. The SMILES string of the molecule is COc1ccc(C(O)CC(Nc2ccc([N+](=O)[O-])cc2)c2ccc(Cl)cc2)cc1OC. The molecule has 8 heteroatoms. The monoisotopic (exact) mass is 442 g/mol. The molecule has 31 heavy (non-hydrogen) atoms. The molecule has 0 radical (unpaired) electrons. The summed E-state index contributed by atoms with van der Waals surface area (Å²) in [6.45, 7) is 0. The smallest absolute Gasteiger partial charge is 0.269 e. The zero-order valence-corrected chi connectivity index (χ0v) is 17.9. The van der Waals surface area contributed by atoms with Gasteiger partial charge >= 0.3 is 0 Å². The largest absolute Gasteiger partial charge is 0.493 e. The highest BCUT2D eigenvalue weighted by Gasteiger charge is 2.20. The Balaban J connectivity index is 1.85. The molecule has 0 aliphatic carbocycles. The van der Waals surface area contributed by atoms with Gasteiger partial charge in [-0.2, -0.15) is 0 Å². The number of nitro benzene ring substituents is 1. The summed E-state index contributed by atoms with van der Waals surface area (Å²) in [6.07, 6.45) is -0.459. The number of aliphatic hydroxyl groups excluding tert-OH is 1. The number of benzene rings is 3. The van der Waals surface area contributed by atoms with Crippen LogP contribution in [0.5, 0.6) is 11.5 Å². The average Bonchev–Trinajstić information content (AvgIpc) is 2.79. The fraction of sp³-hybridized carbons (Fsp3) is 0.217. The highest BCUT2D eigenvalue weighted by Crippen LogP contribution is 2.35. The molecule has 3 rings (SSSR count). The van der Waals surface area contributed by atoms with Crippen LogP contribution in [0.3, 0.4) is 0 Å². The highest BCUT2D eigenvalue weighted by atomic mass is 35.5. The summed E-state index contributed by atoms with van der Waals surface area (Å²) in [7, 11) is 3.10. The number of anilines is 1. The van der Waals surface area contributed by atoms with Gasteiger partial charge in [0.15, 0.2) is 11.5 Å². The number of non-ortho nitro benzene ring substituents is 1. The first-order valence-electron chi connectivity index (χ1n) is 9.57. The van der Waals surface area contributed by atoms with Crippen LogP contribution in [0.4, 0.5) is 11.4 Å². The van der Waals surface area contributed by atoms with Crippen molar-refractivity contribution < 1.29 is 19.5 Å². The lowest BCUT2D eigenvalue weighted by molar-refractivity contribution is -0.384. The zero-order chi connectivity index (χ0) is 22.4. The molecule has 0 amide bonds. The highest BCUT2D eigenvalue weighted by molar-refractivity contribution is 6.30. The Morgan fingerprint density at radius 2 is 1.58 bits per heavy atom. The minimum Gasteiger partial charge on any atom is -0.493 e. The summed E-state index contributed by atoms with van der Waals surface area (Å²) in [6, 6.07) is 18.5. The Hall–Kier alpha value is -3.29. The molecule has 2 atom stereocenters. The molecule has 3 aromatic rings. The number of rotatable bonds is 9. The number of hydrogen-bond acceptors (Lipinski definition) is 6. The van der Waals surface area contributed by atoms with Gasteiger partial charge in [-0.1, -0.05) is 29.8 Å². The van der Waals surface area contributed by atoms with Crippen molar-refractivity contribution in [2.75, 3.05) is 19.5 Å². The molecule has 2 unspecified atom stereocenters. The number of ether oxygens (including phenoxy) is 2. The summed E-state index contributed by atoms with van der Waals surface area (Å²) < 4.78 is 10.6. The molecular formula is C23H23ClN2O5.